The number of halogens is 2. The molecule has 1 heterocycles. The number of ketones is 1. The van der Waals surface area contributed by atoms with Gasteiger partial charge in [-0.05, 0) is 43.8 Å². The fraction of sp³-hybridized carbons (Fsp3) is 0. The minimum atomic E-state index is -0.276. The maximum atomic E-state index is 10.9. The van der Waals surface area contributed by atoms with Crippen molar-refractivity contribution in [1.82, 2.24) is 0 Å². The maximum Gasteiger partial charge on any atom is 0.245 e. The molecule has 0 aliphatic heterocycles. The summed E-state index contributed by atoms with van der Waals surface area (Å²) in [6.45, 7) is 0. The molecule has 0 amide bonds. The van der Waals surface area contributed by atoms with E-state index in [-0.39, 0.29) is 5.78 Å². The van der Waals surface area contributed by atoms with Crippen LogP contribution in [0, 0.1) is 12.3 Å². The second-order valence-corrected chi connectivity index (χ2v) is 4.93. The number of Topliss-reactive ketones (excluding diaryl/α,β-unsaturated/α-hetero) is 1. The summed E-state index contributed by atoms with van der Waals surface area (Å²) in [6.07, 6.45) is 4.94. The molecular formula is C7H2Br2OS. The fourth-order valence-corrected chi connectivity index (χ4v) is 2.47. The Morgan fingerprint density at radius 1 is 1.64 bits per heavy atom. The number of rotatable bonds is 1. The monoisotopic (exact) mass is 292 g/mol. The third-order valence-corrected chi connectivity index (χ3v) is 4.26. The third-order valence-electron chi connectivity index (χ3n) is 1.00. The molecule has 1 aromatic rings. The van der Waals surface area contributed by atoms with Gasteiger partial charge in [0.25, 0.3) is 0 Å². The minimum absolute atomic E-state index is 0.276. The van der Waals surface area contributed by atoms with Crippen LogP contribution in [-0.2, 0) is 0 Å². The van der Waals surface area contributed by atoms with Gasteiger partial charge in [-0.2, -0.15) is 0 Å². The topological polar surface area (TPSA) is 17.1 Å². The van der Waals surface area contributed by atoms with E-state index >= 15 is 0 Å². The van der Waals surface area contributed by atoms with Gasteiger partial charge in [0, 0.05) is 4.47 Å². The van der Waals surface area contributed by atoms with Crippen LogP contribution in [-0.4, -0.2) is 5.78 Å². The highest BCUT2D eigenvalue weighted by molar-refractivity contribution is 9.13. The zero-order chi connectivity index (χ0) is 8.43. The van der Waals surface area contributed by atoms with Crippen LogP contribution in [0.1, 0.15) is 9.67 Å². The molecule has 11 heavy (non-hydrogen) atoms. The van der Waals surface area contributed by atoms with Gasteiger partial charge in [0.05, 0.1) is 8.66 Å². The summed E-state index contributed by atoms with van der Waals surface area (Å²) in [5, 5.41) is 0. The van der Waals surface area contributed by atoms with Crippen molar-refractivity contribution in [1.29, 1.82) is 0 Å². The van der Waals surface area contributed by atoms with E-state index in [9.17, 15) is 4.79 Å². The average molecular weight is 294 g/mol. The molecule has 0 saturated carbocycles. The first-order valence-electron chi connectivity index (χ1n) is 2.61. The van der Waals surface area contributed by atoms with Crippen molar-refractivity contribution in [2.45, 2.75) is 0 Å². The quantitative estimate of drug-likeness (QED) is 0.442. The van der Waals surface area contributed by atoms with Gasteiger partial charge in [-0.15, -0.1) is 17.8 Å². The van der Waals surface area contributed by atoms with E-state index < -0.39 is 0 Å². The molecule has 0 fully saturated rings. The standard InChI is InChI=1S/C7H2Br2OS/c1-2-5(10)6-3-4(8)7(9)11-6/h1,3H. The lowest BCUT2D eigenvalue weighted by Crippen LogP contribution is -1.87. The van der Waals surface area contributed by atoms with Crippen LogP contribution < -0.4 is 0 Å². The van der Waals surface area contributed by atoms with Crippen LogP contribution in [0.2, 0.25) is 0 Å². The Kier molecular flexibility index (Phi) is 2.88. The van der Waals surface area contributed by atoms with E-state index in [4.69, 9.17) is 6.42 Å². The largest absolute Gasteiger partial charge is 0.278 e. The van der Waals surface area contributed by atoms with Gasteiger partial charge in [-0.25, -0.2) is 0 Å². The summed E-state index contributed by atoms with van der Waals surface area (Å²) >= 11 is 7.85. The van der Waals surface area contributed by atoms with Gasteiger partial charge >= 0.3 is 0 Å². The molecule has 0 spiro atoms. The van der Waals surface area contributed by atoms with E-state index in [1.165, 1.54) is 11.3 Å². The van der Waals surface area contributed by atoms with Gasteiger partial charge in [0.15, 0.2) is 0 Å². The molecule has 0 aliphatic rings. The second-order valence-electron chi connectivity index (χ2n) is 1.71. The molecular weight excluding hydrogens is 292 g/mol. The van der Waals surface area contributed by atoms with E-state index in [0.717, 1.165) is 8.26 Å². The smallest absolute Gasteiger partial charge is 0.245 e. The molecule has 0 radical (unpaired) electrons. The van der Waals surface area contributed by atoms with Crippen LogP contribution in [0.3, 0.4) is 0 Å². The Hall–Kier alpha value is -0.110. The number of thiophene rings is 1. The molecule has 0 atom stereocenters. The van der Waals surface area contributed by atoms with Crippen LogP contribution in [0.5, 0.6) is 0 Å². The molecule has 56 valence electrons. The molecule has 0 aromatic carbocycles. The number of hydrogen-bond donors (Lipinski definition) is 0. The first-order valence-corrected chi connectivity index (χ1v) is 5.01. The summed E-state index contributed by atoms with van der Waals surface area (Å²) in [7, 11) is 0. The molecule has 0 saturated heterocycles. The lowest BCUT2D eigenvalue weighted by Gasteiger charge is -1.79. The van der Waals surface area contributed by atoms with Crippen LogP contribution in [0.4, 0.5) is 0 Å². The summed E-state index contributed by atoms with van der Waals surface area (Å²) in [5.41, 5.74) is 0. The highest BCUT2D eigenvalue weighted by Crippen LogP contribution is 2.32. The van der Waals surface area contributed by atoms with Gasteiger partial charge < -0.3 is 0 Å². The zero-order valence-electron chi connectivity index (χ0n) is 5.23. The molecule has 1 rings (SSSR count). The van der Waals surface area contributed by atoms with Crippen molar-refractivity contribution < 1.29 is 4.79 Å². The molecule has 0 unspecified atom stereocenters. The van der Waals surface area contributed by atoms with Gasteiger partial charge in [-0.3, -0.25) is 4.79 Å². The van der Waals surface area contributed by atoms with Crippen LogP contribution in [0.25, 0.3) is 0 Å². The van der Waals surface area contributed by atoms with E-state index in [0.29, 0.717) is 4.88 Å². The fourth-order valence-electron chi connectivity index (χ4n) is 0.530. The Morgan fingerprint density at radius 3 is 2.64 bits per heavy atom. The van der Waals surface area contributed by atoms with Crippen LogP contribution in [0.15, 0.2) is 14.3 Å². The van der Waals surface area contributed by atoms with Crippen molar-refractivity contribution in [2.24, 2.45) is 0 Å². The highest BCUT2D eigenvalue weighted by atomic mass is 79.9. The Bertz CT molecular complexity index is 315. The lowest BCUT2D eigenvalue weighted by atomic mass is 10.3. The second kappa shape index (κ2) is 3.53. The summed E-state index contributed by atoms with van der Waals surface area (Å²) in [4.78, 5) is 11.5. The summed E-state index contributed by atoms with van der Waals surface area (Å²) < 4.78 is 1.75. The van der Waals surface area contributed by atoms with Gasteiger partial charge in [-0.1, -0.05) is 0 Å². The summed E-state index contributed by atoms with van der Waals surface area (Å²) in [5.74, 6) is 1.78. The molecule has 0 aliphatic carbocycles. The van der Waals surface area contributed by atoms with Crippen molar-refractivity contribution >= 4 is 49.0 Å². The Morgan fingerprint density at radius 2 is 2.27 bits per heavy atom. The first-order chi connectivity index (χ1) is 5.15. The van der Waals surface area contributed by atoms with Crippen molar-refractivity contribution in [3.63, 3.8) is 0 Å². The average Bonchev–Trinajstić information content (AvgIpc) is 2.31. The maximum absolute atomic E-state index is 10.9. The lowest BCUT2D eigenvalue weighted by molar-refractivity contribution is 0.106. The molecule has 0 bridgehead atoms. The summed E-state index contributed by atoms with van der Waals surface area (Å²) in [6, 6.07) is 1.71. The third kappa shape index (κ3) is 1.92. The molecule has 4 heteroatoms. The Labute approximate surface area is 85.1 Å². The molecule has 1 nitrogen and oxygen atoms in total. The SMILES string of the molecule is C#CC(=O)c1cc(Br)c(Br)s1. The number of carbonyl (C=O) groups excluding carboxylic acids is 1. The van der Waals surface area contributed by atoms with Crippen LogP contribution >= 0.6 is 43.2 Å². The first kappa shape index (κ1) is 8.98. The Balaban J connectivity index is 3.09. The molecule has 1 aromatic heterocycles. The number of carbonyl (C=O) groups is 1. The van der Waals surface area contributed by atoms with Gasteiger partial charge in [0.1, 0.15) is 0 Å². The molecule has 0 N–H and O–H groups in total. The van der Waals surface area contributed by atoms with E-state index in [1.807, 2.05) is 0 Å². The number of hydrogen-bond acceptors (Lipinski definition) is 2. The van der Waals surface area contributed by atoms with E-state index in [2.05, 4.69) is 37.8 Å². The number of terminal acetylenes is 1. The predicted octanol–water partition coefficient (Wildman–Crippen LogP) is 3.09. The minimum Gasteiger partial charge on any atom is -0.278 e. The van der Waals surface area contributed by atoms with Crippen molar-refractivity contribution in [3.05, 3.63) is 19.2 Å². The normalized spacial score (nSPS) is 9.18. The zero-order valence-corrected chi connectivity index (χ0v) is 9.22. The van der Waals surface area contributed by atoms with Crippen molar-refractivity contribution in [2.75, 3.05) is 0 Å². The highest BCUT2D eigenvalue weighted by Gasteiger charge is 2.08. The van der Waals surface area contributed by atoms with Gasteiger partial charge in [0.2, 0.25) is 5.78 Å². The van der Waals surface area contributed by atoms with E-state index in [1.54, 1.807) is 6.07 Å². The van der Waals surface area contributed by atoms with Crippen molar-refractivity contribution in [3.8, 4) is 12.3 Å². The predicted molar refractivity (Wildman–Crippen MR) is 52.9 cm³/mol.